The second-order valence-electron chi connectivity index (χ2n) is 6.10. The Balaban J connectivity index is 2.12. The number of benzene rings is 1. The van der Waals surface area contributed by atoms with Crippen molar-refractivity contribution < 1.29 is 14.3 Å². The third-order valence-electron chi connectivity index (χ3n) is 4.68. The van der Waals surface area contributed by atoms with Gasteiger partial charge in [0.15, 0.2) is 5.82 Å². The SMILES string of the molecule is Cc1[nH]nc2c1[C@@]1(C(=O)N2CC(N)=O)C(C#N)=C(N)Oc2ccccc21. The molecule has 9 heteroatoms. The molecule has 2 aromatic rings. The predicted octanol–water partition coefficient (Wildman–Crippen LogP) is -0.0776. The standard InChI is InChI=1S/C17H14N6O3/c1-8-13-15(22-21-8)23(7-12(19)24)16(25)17(13)9-4-2-3-5-11(9)26-14(20)10(17)6-18/h2-5H,7,20H2,1H3,(H2,19,24)(H,21,22)/t17-/m0/s1. The highest BCUT2D eigenvalue weighted by Gasteiger charge is 2.61. The Labute approximate surface area is 147 Å². The van der Waals surface area contributed by atoms with E-state index in [1.165, 1.54) is 4.90 Å². The molecule has 0 fully saturated rings. The maximum absolute atomic E-state index is 13.5. The van der Waals surface area contributed by atoms with Crippen LogP contribution in [0.4, 0.5) is 5.82 Å². The van der Waals surface area contributed by atoms with E-state index in [9.17, 15) is 14.9 Å². The number of H-pyrrole nitrogens is 1. The number of anilines is 1. The molecule has 5 N–H and O–H groups in total. The van der Waals surface area contributed by atoms with E-state index in [1.807, 2.05) is 6.07 Å². The zero-order chi connectivity index (χ0) is 18.6. The van der Waals surface area contributed by atoms with Crippen LogP contribution in [0.1, 0.15) is 16.8 Å². The number of nitrogens with two attached hydrogens (primary N) is 2. The highest BCUT2D eigenvalue weighted by Crippen LogP contribution is 2.55. The number of nitrogens with one attached hydrogen (secondary N) is 1. The summed E-state index contributed by atoms with van der Waals surface area (Å²) in [5.41, 5.74) is 11.2. The van der Waals surface area contributed by atoms with Crippen LogP contribution in [0.3, 0.4) is 0 Å². The molecule has 0 radical (unpaired) electrons. The highest BCUT2D eigenvalue weighted by molar-refractivity contribution is 6.15. The van der Waals surface area contributed by atoms with Gasteiger partial charge in [-0.25, -0.2) is 0 Å². The summed E-state index contributed by atoms with van der Waals surface area (Å²) in [6, 6.07) is 8.85. The van der Waals surface area contributed by atoms with Crippen LogP contribution in [0.25, 0.3) is 0 Å². The lowest BCUT2D eigenvalue weighted by Crippen LogP contribution is -2.48. The molecule has 1 aromatic carbocycles. The first kappa shape index (κ1) is 15.7. The lowest BCUT2D eigenvalue weighted by atomic mass is 9.69. The van der Waals surface area contributed by atoms with Gasteiger partial charge in [-0.2, -0.15) is 10.4 Å². The van der Waals surface area contributed by atoms with Gasteiger partial charge in [0.25, 0.3) is 0 Å². The van der Waals surface area contributed by atoms with Crippen molar-refractivity contribution >= 4 is 17.6 Å². The van der Waals surface area contributed by atoms with Gasteiger partial charge in [-0.05, 0) is 13.0 Å². The van der Waals surface area contributed by atoms with Gasteiger partial charge < -0.3 is 16.2 Å². The molecular weight excluding hydrogens is 336 g/mol. The number of primary amides is 1. The van der Waals surface area contributed by atoms with E-state index >= 15 is 0 Å². The number of aromatic nitrogens is 2. The topological polar surface area (TPSA) is 151 Å². The summed E-state index contributed by atoms with van der Waals surface area (Å²) in [5, 5.41) is 16.8. The normalized spacial score (nSPS) is 20.6. The van der Waals surface area contributed by atoms with Crippen molar-refractivity contribution in [1.29, 1.82) is 5.26 Å². The lowest BCUT2D eigenvalue weighted by molar-refractivity contribution is -0.123. The minimum atomic E-state index is -1.53. The van der Waals surface area contributed by atoms with E-state index in [2.05, 4.69) is 10.2 Å². The van der Waals surface area contributed by atoms with E-state index in [-0.39, 0.29) is 23.8 Å². The number of ether oxygens (including phenoxy) is 1. The number of carbonyl (C=O) groups excluding carboxylic acids is 2. The highest BCUT2D eigenvalue weighted by atomic mass is 16.5. The largest absolute Gasteiger partial charge is 0.440 e. The van der Waals surface area contributed by atoms with Gasteiger partial charge in [-0.3, -0.25) is 19.6 Å². The average molecular weight is 350 g/mol. The third kappa shape index (κ3) is 1.70. The molecule has 0 unspecified atom stereocenters. The first-order chi connectivity index (χ1) is 12.4. The molecule has 1 spiro atoms. The number of hydrogen-bond donors (Lipinski definition) is 3. The summed E-state index contributed by atoms with van der Waals surface area (Å²) < 4.78 is 5.56. The molecule has 2 aliphatic heterocycles. The van der Waals surface area contributed by atoms with E-state index in [0.29, 0.717) is 22.6 Å². The van der Waals surface area contributed by atoms with Crippen molar-refractivity contribution in [2.75, 3.05) is 11.4 Å². The zero-order valence-corrected chi connectivity index (χ0v) is 13.7. The van der Waals surface area contributed by atoms with Crippen LogP contribution in [0.2, 0.25) is 0 Å². The number of nitriles is 1. The number of aryl methyl sites for hydroxylation is 1. The monoisotopic (exact) mass is 350 g/mol. The lowest BCUT2D eigenvalue weighted by Gasteiger charge is -2.34. The predicted molar refractivity (Wildman–Crippen MR) is 89.5 cm³/mol. The molecule has 2 amide bonds. The van der Waals surface area contributed by atoms with Crippen LogP contribution in [0.15, 0.2) is 35.7 Å². The maximum atomic E-state index is 13.5. The summed E-state index contributed by atoms with van der Waals surface area (Å²) in [7, 11) is 0. The fraction of sp³-hybridized carbons (Fsp3) is 0.176. The van der Waals surface area contributed by atoms with Gasteiger partial charge >= 0.3 is 0 Å². The summed E-state index contributed by atoms with van der Waals surface area (Å²) in [4.78, 5) is 26.2. The summed E-state index contributed by atoms with van der Waals surface area (Å²) >= 11 is 0. The molecular formula is C17H14N6O3. The maximum Gasteiger partial charge on any atom is 0.249 e. The van der Waals surface area contributed by atoms with Crippen molar-refractivity contribution in [2.45, 2.75) is 12.3 Å². The van der Waals surface area contributed by atoms with Crippen LogP contribution in [0, 0.1) is 18.3 Å². The van der Waals surface area contributed by atoms with Crippen LogP contribution in [-0.2, 0) is 15.0 Å². The number of hydrogen-bond acceptors (Lipinski definition) is 6. The zero-order valence-electron chi connectivity index (χ0n) is 13.7. The minimum Gasteiger partial charge on any atom is -0.440 e. The fourth-order valence-electron chi connectivity index (χ4n) is 3.74. The Morgan fingerprint density at radius 3 is 2.88 bits per heavy atom. The molecule has 9 nitrogen and oxygen atoms in total. The second-order valence-corrected chi connectivity index (χ2v) is 6.10. The van der Waals surface area contributed by atoms with Gasteiger partial charge in [0, 0.05) is 16.8 Å². The van der Waals surface area contributed by atoms with E-state index in [0.717, 1.165) is 0 Å². The number of rotatable bonds is 2. The number of aromatic amines is 1. The molecule has 26 heavy (non-hydrogen) atoms. The van der Waals surface area contributed by atoms with Gasteiger partial charge in [0.2, 0.25) is 17.7 Å². The number of fused-ring (bicyclic) bond motifs is 4. The third-order valence-corrected chi connectivity index (χ3v) is 4.68. The smallest absolute Gasteiger partial charge is 0.249 e. The molecule has 0 saturated carbocycles. The Hall–Kier alpha value is -3.80. The van der Waals surface area contributed by atoms with Crippen molar-refractivity contribution in [3.8, 4) is 11.8 Å². The molecule has 4 rings (SSSR count). The molecule has 2 aliphatic rings. The van der Waals surface area contributed by atoms with Crippen molar-refractivity contribution in [3.63, 3.8) is 0 Å². The number of amides is 2. The molecule has 1 aromatic heterocycles. The second kappa shape index (κ2) is 5.10. The molecule has 0 bridgehead atoms. The summed E-state index contributed by atoms with van der Waals surface area (Å²) in [5.74, 6) is -0.751. The molecule has 1 atom stereocenters. The van der Waals surface area contributed by atoms with Gasteiger partial charge in [0.05, 0.1) is 0 Å². The van der Waals surface area contributed by atoms with Crippen LogP contribution in [0.5, 0.6) is 5.75 Å². The summed E-state index contributed by atoms with van der Waals surface area (Å²) in [6.07, 6.45) is 0. The van der Waals surface area contributed by atoms with Gasteiger partial charge in [0.1, 0.15) is 29.4 Å². The van der Waals surface area contributed by atoms with Crippen molar-refractivity contribution in [2.24, 2.45) is 11.5 Å². The van der Waals surface area contributed by atoms with Gasteiger partial charge in [-0.15, -0.1) is 0 Å². The van der Waals surface area contributed by atoms with Crippen LogP contribution in [-0.4, -0.2) is 28.6 Å². The molecule has 130 valence electrons. The first-order valence-electron chi connectivity index (χ1n) is 7.76. The van der Waals surface area contributed by atoms with Crippen LogP contribution >= 0.6 is 0 Å². The van der Waals surface area contributed by atoms with Crippen molar-refractivity contribution in [3.05, 3.63) is 52.5 Å². The Kier molecular flexibility index (Phi) is 3.08. The number of para-hydroxylation sites is 1. The number of nitrogens with zero attached hydrogens (tertiary/aromatic N) is 3. The average Bonchev–Trinajstić information content (AvgIpc) is 3.08. The molecule has 0 aliphatic carbocycles. The van der Waals surface area contributed by atoms with Crippen molar-refractivity contribution in [1.82, 2.24) is 10.2 Å². The Morgan fingerprint density at radius 2 is 2.19 bits per heavy atom. The van der Waals surface area contributed by atoms with Crippen LogP contribution < -0.4 is 21.1 Å². The quantitative estimate of drug-likeness (QED) is 0.689. The van der Waals surface area contributed by atoms with Gasteiger partial charge in [-0.1, -0.05) is 18.2 Å². The van der Waals surface area contributed by atoms with E-state index in [4.69, 9.17) is 16.2 Å². The van der Waals surface area contributed by atoms with E-state index < -0.39 is 17.2 Å². The fourth-order valence-corrected chi connectivity index (χ4v) is 3.74. The van der Waals surface area contributed by atoms with E-state index in [1.54, 1.807) is 31.2 Å². The Morgan fingerprint density at radius 1 is 1.46 bits per heavy atom. The minimum absolute atomic E-state index is 0.0427. The Bertz CT molecular complexity index is 1050. The molecule has 0 saturated heterocycles. The summed E-state index contributed by atoms with van der Waals surface area (Å²) in [6.45, 7) is 1.37. The first-order valence-corrected chi connectivity index (χ1v) is 7.76. The number of carbonyl (C=O) groups is 2. The molecule has 3 heterocycles.